The van der Waals surface area contributed by atoms with Crippen LogP contribution in [0.3, 0.4) is 0 Å². The molecule has 0 fully saturated rings. The minimum atomic E-state index is -1.63. The number of aliphatic hydroxyl groups excluding tert-OH is 1. The van der Waals surface area contributed by atoms with Gasteiger partial charge >= 0.3 is 11.9 Å². The maximum atomic E-state index is 11.8. The number of aliphatic hydroxyl groups is 1. The third-order valence-corrected chi connectivity index (χ3v) is 6.15. The molecule has 180 valence electrons. The molecule has 0 aromatic heterocycles. The van der Waals surface area contributed by atoms with Crippen molar-refractivity contribution in [1.82, 2.24) is 0 Å². The lowest BCUT2D eigenvalue weighted by Crippen LogP contribution is -2.39. The van der Waals surface area contributed by atoms with Gasteiger partial charge in [0, 0.05) is 6.42 Å². The zero-order valence-electron chi connectivity index (χ0n) is 19.6. The first-order chi connectivity index (χ1) is 14.9. The number of unbranched alkanes of at least 4 members (excludes halogenated alkanes) is 14. The average molecular weight is 439 g/mol. The van der Waals surface area contributed by atoms with E-state index in [1.165, 1.54) is 19.3 Å². The van der Waals surface area contributed by atoms with Crippen molar-refractivity contribution < 1.29 is 24.9 Å². The van der Waals surface area contributed by atoms with Gasteiger partial charge in [-0.1, -0.05) is 96.1 Å². The molecule has 5 nitrogen and oxygen atoms in total. The van der Waals surface area contributed by atoms with Crippen LogP contribution in [-0.4, -0.2) is 27.3 Å². The van der Waals surface area contributed by atoms with Gasteiger partial charge in [0.15, 0.2) is 5.41 Å². The smallest absolute Gasteiger partial charge is 0.321 e. The fourth-order valence-corrected chi connectivity index (χ4v) is 4.06. The van der Waals surface area contributed by atoms with E-state index in [9.17, 15) is 19.8 Å². The minimum Gasteiger partial charge on any atom is -0.513 e. The number of rotatable bonds is 23. The third kappa shape index (κ3) is 14.8. The van der Waals surface area contributed by atoms with Crippen LogP contribution in [-0.2, 0) is 9.59 Å². The summed E-state index contributed by atoms with van der Waals surface area (Å²) < 4.78 is 0. The second-order valence-electron chi connectivity index (χ2n) is 8.89. The van der Waals surface area contributed by atoms with Crippen LogP contribution in [0, 0.1) is 5.41 Å². The van der Waals surface area contributed by atoms with E-state index in [-0.39, 0.29) is 18.6 Å². The Labute approximate surface area is 189 Å². The van der Waals surface area contributed by atoms with E-state index < -0.39 is 17.4 Å². The SMILES string of the molecule is C=CCCCCCCCCCC(CCCCCCCCCCC(=C)O)(C(=O)O)C(=O)O. The molecule has 0 aliphatic heterocycles. The molecule has 0 atom stereocenters. The Morgan fingerprint density at radius 3 is 1.32 bits per heavy atom. The molecular formula is C26H46O5. The lowest BCUT2D eigenvalue weighted by Gasteiger charge is -2.25. The molecule has 5 heteroatoms. The fraction of sp³-hybridized carbons (Fsp3) is 0.769. The zero-order valence-corrected chi connectivity index (χ0v) is 19.6. The van der Waals surface area contributed by atoms with E-state index in [0.717, 1.165) is 70.6 Å². The van der Waals surface area contributed by atoms with E-state index in [2.05, 4.69) is 13.2 Å². The monoisotopic (exact) mass is 438 g/mol. The van der Waals surface area contributed by atoms with Crippen LogP contribution < -0.4 is 0 Å². The Morgan fingerprint density at radius 2 is 0.968 bits per heavy atom. The Hall–Kier alpha value is -1.78. The lowest BCUT2D eigenvalue weighted by atomic mass is 9.78. The second kappa shape index (κ2) is 18.9. The molecule has 0 aromatic carbocycles. The van der Waals surface area contributed by atoms with E-state index in [4.69, 9.17) is 5.11 Å². The molecule has 0 saturated carbocycles. The van der Waals surface area contributed by atoms with Gasteiger partial charge in [-0.05, 0) is 32.1 Å². The molecule has 31 heavy (non-hydrogen) atoms. The Balaban J connectivity index is 4.05. The topological polar surface area (TPSA) is 94.8 Å². The van der Waals surface area contributed by atoms with Crippen LogP contribution >= 0.6 is 0 Å². The van der Waals surface area contributed by atoms with Gasteiger partial charge < -0.3 is 15.3 Å². The molecule has 0 aliphatic rings. The van der Waals surface area contributed by atoms with Crippen LogP contribution in [0.5, 0.6) is 0 Å². The van der Waals surface area contributed by atoms with E-state index in [0.29, 0.717) is 19.3 Å². The van der Waals surface area contributed by atoms with E-state index in [1.54, 1.807) is 0 Å². The lowest BCUT2D eigenvalue weighted by molar-refractivity contribution is -0.166. The molecule has 3 N–H and O–H groups in total. The number of allylic oxidation sites excluding steroid dienone is 2. The summed E-state index contributed by atoms with van der Waals surface area (Å²) in [5, 5.41) is 28.4. The first-order valence-electron chi connectivity index (χ1n) is 12.3. The molecule has 0 aliphatic carbocycles. The van der Waals surface area contributed by atoms with Crippen LogP contribution in [0.4, 0.5) is 0 Å². The van der Waals surface area contributed by atoms with Gasteiger partial charge in [-0.15, -0.1) is 6.58 Å². The van der Waals surface area contributed by atoms with Gasteiger partial charge in [0.2, 0.25) is 0 Å². The first-order valence-corrected chi connectivity index (χ1v) is 12.3. The summed E-state index contributed by atoms with van der Waals surface area (Å²) in [7, 11) is 0. The molecule has 0 rings (SSSR count). The molecule has 0 aromatic rings. The quantitative estimate of drug-likeness (QED) is 0.0654. The van der Waals surface area contributed by atoms with Crippen molar-refractivity contribution in [2.75, 3.05) is 0 Å². The molecule has 0 bridgehead atoms. The van der Waals surface area contributed by atoms with Crippen molar-refractivity contribution in [3.63, 3.8) is 0 Å². The highest BCUT2D eigenvalue weighted by Gasteiger charge is 2.45. The molecule has 0 spiro atoms. The summed E-state index contributed by atoms with van der Waals surface area (Å²) in [6, 6.07) is 0. The van der Waals surface area contributed by atoms with Crippen LogP contribution in [0.15, 0.2) is 25.0 Å². The predicted molar refractivity (Wildman–Crippen MR) is 127 cm³/mol. The van der Waals surface area contributed by atoms with Gasteiger partial charge in [0.25, 0.3) is 0 Å². The van der Waals surface area contributed by atoms with Crippen molar-refractivity contribution in [3.05, 3.63) is 25.0 Å². The number of hydrogen-bond acceptors (Lipinski definition) is 3. The van der Waals surface area contributed by atoms with Crippen molar-refractivity contribution in [2.24, 2.45) is 5.41 Å². The minimum absolute atomic E-state index is 0.220. The van der Waals surface area contributed by atoms with Gasteiger partial charge in [0.05, 0.1) is 5.76 Å². The van der Waals surface area contributed by atoms with Gasteiger partial charge in [-0.3, -0.25) is 9.59 Å². The molecule has 0 unspecified atom stereocenters. The molecule has 0 amide bonds. The van der Waals surface area contributed by atoms with Gasteiger partial charge in [-0.2, -0.15) is 0 Å². The summed E-state index contributed by atoms with van der Waals surface area (Å²) >= 11 is 0. The normalized spacial score (nSPS) is 11.4. The summed E-state index contributed by atoms with van der Waals surface area (Å²) in [5.74, 6) is -2.12. The Kier molecular flexibility index (Phi) is 17.9. The standard InChI is InChI=1S/C26H46O5/c1-3-4-5-6-7-9-12-15-18-21-26(24(28)29,25(30)31)22-19-16-13-10-8-11-14-17-20-23(2)27/h3,27H,1-2,4-22H2,(H,28,29)(H,30,31). The summed E-state index contributed by atoms with van der Waals surface area (Å²) in [4.78, 5) is 23.7. The maximum absolute atomic E-state index is 11.8. The Morgan fingerprint density at radius 1 is 0.613 bits per heavy atom. The average Bonchev–Trinajstić information content (AvgIpc) is 2.71. The third-order valence-electron chi connectivity index (χ3n) is 6.15. The van der Waals surface area contributed by atoms with Crippen molar-refractivity contribution in [3.8, 4) is 0 Å². The number of carbonyl (C=O) groups is 2. The van der Waals surface area contributed by atoms with Crippen LogP contribution in [0.25, 0.3) is 0 Å². The summed E-state index contributed by atoms with van der Waals surface area (Å²) in [6.07, 6.45) is 19.3. The van der Waals surface area contributed by atoms with Crippen molar-refractivity contribution >= 4 is 11.9 Å². The number of hydrogen-bond donors (Lipinski definition) is 3. The molecular weight excluding hydrogens is 392 g/mol. The number of carboxylic acid groups (broad SMARTS) is 2. The van der Waals surface area contributed by atoms with Crippen molar-refractivity contribution in [1.29, 1.82) is 0 Å². The molecule has 0 heterocycles. The highest BCUT2D eigenvalue weighted by Crippen LogP contribution is 2.33. The summed E-state index contributed by atoms with van der Waals surface area (Å²) in [5.41, 5.74) is -1.63. The Bertz CT molecular complexity index is 498. The molecule has 0 saturated heterocycles. The number of carboxylic acids is 2. The zero-order chi connectivity index (χ0) is 23.4. The fourth-order valence-electron chi connectivity index (χ4n) is 4.06. The summed E-state index contributed by atoms with van der Waals surface area (Å²) in [6.45, 7) is 7.20. The first kappa shape index (κ1) is 29.2. The molecule has 0 radical (unpaired) electrons. The van der Waals surface area contributed by atoms with Crippen molar-refractivity contribution in [2.45, 2.75) is 122 Å². The predicted octanol–water partition coefficient (Wildman–Crippen LogP) is 7.81. The largest absolute Gasteiger partial charge is 0.513 e. The van der Waals surface area contributed by atoms with E-state index in [1.807, 2.05) is 6.08 Å². The maximum Gasteiger partial charge on any atom is 0.321 e. The highest BCUT2D eigenvalue weighted by molar-refractivity contribution is 5.98. The van der Waals surface area contributed by atoms with Crippen LogP contribution in [0.1, 0.15) is 122 Å². The van der Waals surface area contributed by atoms with E-state index >= 15 is 0 Å². The second-order valence-corrected chi connectivity index (χ2v) is 8.89. The number of aliphatic carboxylic acids is 2. The van der Waals surface area contributed by atoms with Gasteiger partial charge in [0.1, 0.15) is 0 Å². The van der Waals surface area contributed by atoms with Crippen LogP contribution in [0.2, 0.25) is 0 Å². The highest BCUT2D eigenvalue weighted by atomic mass is 16.4. The van der Waals surface area contributed by atoms with Gasteiger partial charge in [-0.25, -0.2) is 0 Å².